The minimum Gasteiger partial charge on any atom is -1.00 e. The first kappa shape index (κ1) is 32.0. The zero-order valence-electron chi connectivity index (χ0n) is 23.2. The Bertz CT molecular complexity index is 1050. The van der Waals surface area contributed by atoms with E-state index in [9.17, 15) is 4.79 Å². The van der Waals surface area contributed by atoms with E-state index in [4.69, 9.17) is 4.74 Å². The van der Waals surface area contributed by atoms with E-state index in [0.717, 1.165) is 30.0 Å². The van der Waals surface area contributed by atoms with E-state index in [2.05, 4.69) is 35.4 Å². The standard InChI is InChI=1S/C32H44N2O2S.BrH/c1-3-4-5-6-7-8-9-10-11-12-13-16-23-36-30-21-19-29(20-22-30)33-32(35)31-18-15-14-17-28(31)25-34-24-27(2)37-26-34;/h14-15,17-22,24,26H,3-13,16,23,25H2,1-2H3;1H. The highest BCUT2D eigenvalue weighted by atomic mass is 79.9. The highest BCUT2D eigenvalue weighted by Crippen LogP contribution is 2.19. The molecular weight excluding hydrogens is 556 g/mol. The summed E-state index contributed by atoms with van der Waals surface area (Å²) in [4.78, 5) is 14.2. The number of amides is 1. The number of hydrogen-bond donors (Lipinski definition) is 1. The van der Waals surface area contributed by atoms with Crippen molar-refractivity contribution in [3.8, 4) is 5.75 Å². The lowest BCUT2D eigenvalue weighted by molar-refractivity contribution is -0.683. The summed E-state index contributed by atoms with van der Waals surface area (Å²) in [6.45, 7) is 5.79. The van der Waals surface area contributed by atoms with E-state index in [0.29, 0.717) is 12.1 Å². The number of aryl methyl sites for hydroxylation is 1. The summed E-state index contributed by atoms with van der Waals surface area (Å²) in [6.07, 6.45) is 18.2. The van der Waals surface area contributed by atoms with Crippen molar-refractivity contribution in [2.75, 3.05) is 11.9 Å². The van der Waals surface area contributed by atoms with Crippen LogP contribution in [0.15, 0.2) is 60.2 Å². The summed E-state index contributed by atoms with van der Waals surface area (Å²) < 4.78 is 8.04. The van der Waals surface area contributed by atoms with Crippen molar-refractivity contribution in [1.29, 1.82) is 0 Å². The molecular formula is C32H45BrN2O2S. The summed E-state index contributed by atoms with van der Waals surface area (Å²) in [6, 6.07) is 15.5. The average Bonchev–Trinajstić information content (AvgIpc) is 3.32. The minimum absolute atomic E-state index is 0. The average molecular weight is 602 g/mol. The van der Waals surface area contributed by atoms with E-state index in [1.165, 1.54) is 75.5 Å². The maximum atomic E-state index is 13.0. The van der Waals surface area contributed by atoms with Crippen LogP contribution in [0.5, 0.6) is 5.75 Å². The molecule has 0 unspecified atom stereocenters. The van der Waals surface area contributed by atoms with Crippen molar-refractivity contribution in [3.63, 3.8) is 0 Å². The van der Waals surface area contributed by atoms with Crippen LogP contribution in [0, 0.1) is 6.92 Å². The van der Waals surface area contributed by atoms with Crippen molar-refractivity contribution in [3.05, 3.63) is 76.2 Å². The van der Waals surface area contributed by atoms with E-state index in [1.54, 1.807) is 11.3 Å². The lowest BCUT2D eigenvalue weighted by Crippen LogP contribution is -3.00. The number of halogens is 1. The molecule has 2 aromatic carbocycles. The van der Waals surface area contributed by atoms with Gasteiger partial charge in [-0.2, -0.15) is 4.57 Å². The van der Waals surface area contributed by atoms with Gasteiger partial charge in [0.05, 0.1) is 11.5 Å². The molecule has 1 heterocycles. The molecule has 0 saturated carbocycles. The van der Waals surface area contributed by atoms with Crippen molar-refractivity contribution in [1.82, 2.24) is 0 Å². The van der Waals surface area contributed by atoms with Gasteiger partial charge in [-0.15, -0.1) is 0 Å². The van der Waals surface area contributed by atoms with Gasteiger partial charge in [-0.3, -0.25) is 4.79 Å². The molecule has 3 rings (SSSR count). The molecule has 0 radical (unpaired) electrons. The molecule has 0 aliphatic rings. The molecule has 0 aliphatic heterocycles. The number of rotatable bonds is 18. The second-order valence-electron chi connectivity index (χ2n) is 10.0. The summed E-state index contributed by atoms with van der Waals surface area (Å²) in [7, 11) is 0. The summed E-state index contributed by atoms with van der Waals surface area (Å²) in [5, 5.41) is 3.03. The molecule has 0 aliphatic carbocycles. The van der Waals surface area contributed by atoms with Gasteiger partial charge >= 0.3 is 0 Å². The number of benzene rings is 2. The predicted molar refractivity (Wildman–Crippen MR) is 156 cm³/mol. The molecule has 1 aromatic heterocycles. The quantitative estimate of drug-likeness (QED) is 0.150. The normalized spacial score (nSPS) is 10.7. The SMILES string of the molecule is CCCCCCCCCCCCCCOc1ccc(NC(=O)c2ccccc2C[n+]2csc(C)c2)cc1.[Br-]. The Morgan fingerprint density at radius 3 is 2.05 bits per heavy atom. The van der Waals surface area contributed by atoms with E-state index >= 15 is 0 Å². The number of thiazole rings is 1. The Morgan fingerprint density at radius 2 is 1.45 bits per heavy atom. The molecule has 1 amide bonds. The van der Waals surface area contributed by atoms with Crippen LogP contribution in [-0.2, 0) is 6.54 Å². The van der Waals surface area contributed by atoms with Gasteiger partial charge in [0.15, 0.2) is 12.7 Å². The van der Waals surface area contributed by atoms with Gasteiger partial charge < -0.3 is 27.0 Å². The Balaban J connectivity index is 0.00000507. The summed E-state index contributed by atoms with van der Waals surface area (Å²) in [5.41, 5.74) is 4.56. The lowest BCUT2D eigenvalue weighted by Gasteiger charge is -2.10. The third kappa shape index (κ3) is 12.1. The topological polar surface area (TPSA) is 42.2 Å². The molecule has 0 atom stereocenters. The smallest absolute Gasteiger partial charge is 0.256 e. The molecule has 4 nitrogen and oxygen atoms in total. The molecule has 6 heteroatoms. The molecule has 1 N–H and O–H groups in total. The maximum Gasteiger partial charge on any atom is 0.256 e. The molecule has 0 spiro atoms. The monoisotopic (exact) mass is 600 g/mol. The summed E-state index contributed by atoms with van der Waals surface area (Å²) >= 11 is 1.71. The molecule has 0 bridgehead atoms. The van der Waals surface area contributed by atoms with Crippen molar-refractivity contribution < 1.29 is 31.1 Å². The van der Waals surface area contributed by atoms with Crippen LogP contribution in [0.2, 0.25) is 0 Å². The number of nitrogens with zero attached hydrogens (tertiary/aromatic N) is 1. The number of ether oxygens (including phenoxy) is 1. The number of nitrogens with one attached hydrogen (secondary N) is 1. The van der Waals surface area contributed by atoms with Crippen LogP contribution < -0.4 is 31.6 Å². The number of aromatic nitrogens is 1. The Morgan fingerprint density at radius 1 is 0.842 bits per heavy atom. The first-order valence-electron chi connectivity index (χ1n) is 14.2. The van der Waals surface area contributed by atoms with Gasteiger partial charge in [0.2, 0.25) is 5.51 Å². The van der Waals surface area contributed by atoms with E-state index in [-0.39, 0.29) is 22.9 Å². The van der Waals surface area contributed by atoms with Crippen molar-refractivity contribution in [2.24, 2.45) is 0 Å². The minimum atomic E-state index is -0.0895. The zero-order chi connectivity index (χ0) is 26.1. The second kappa shape index (κ2) is 19.0. The second-order valence-corrected chi connectivity index (χ2v) is 11.1. The zero-order valence-corrected chi connectivity index (χ0v) is 25.6. The van der Waals surface area contributed by atoms with Gasteiger partial charge in [-0.25, -0.2) is 0 Å². The van der Waals surface area contributed by atoms with Gasteiger partial charge in [0.1, 0.15) is 5.75 Å². The molecule has 208 valence electrons. The van der Waals surface area contributed by atoms with E-state index < -0.39 is 0 Å². The Kier molecular flexibility index (Phi) is 16.0. The van der Waals surface area contributed by atoms with Crippen LogP contribution in [0.1, 0.15) is 105 Å². The molecule has 38 heavy (non-hydrogen) atoms. The predicted octanol–water partition coefficient (Wildman–Crippen LogP) is 5.73. The van der Waals surface area contributed by atoms with Crippen LogP contribution in [0.4, 0.5) is 5.69 Å². The lowest BCUT2D eigenvalue weighted by atomic mass is 10.1. The van der Waals surface area contributed by atoms with Crippen molar-refractivity contribution in [2.45, 2.75) is 97.4 Å². The first-order valence-corrected chi connectivity index (χ1v) is 15.1. The fraction of sp³-hybridized carbons (Fsp3) is 0.500. The van der Waals surface area contributed by atoms with Crippen LogP contribution in [-0.4, -0.2) is 12.5 Å². The molecule has 0 fully saturated rings. The van der Waals surface area contributed by atoms with Crippen LogP contribution in [0.25, 0.3) is 0 Å². The largest absolute Gasteiger partial charge is 1.00 e. The molecule has 0 saturated heterocycles. The summed E-state index contributed by atoms with van der Waals surface area (Å²) in [5.74, 6) is 0.763. The first-order chi connectivity index (χ1) is 18.2. The third-order valence-electron chi connectivity index (χ3n) is 6.72. The van der Waals surface area contributed by atoms with Crippen molar-refractivity contribution >= 4 is 22.9 Å². The van der Waals surface area contributed by atoms with Gasteiger partial charge in [-0.1, -0.05) is 107 Å². The van der Waals surface area contributed by atoms with Gasteiger partial charge in [-0.05, 0) is 43.7 Å². The number of carbonyl (C=O) groups is 1. The Hall–Kier alpha value is -2.18. The van der Waals surface area contributed by atoms with Crippen LogP contribution >= 0.6 is 11.3 Å². The maximum absolute atomic E-state index is 13.0. The number of anilines is 1. The highest BCUT2D eigenvalue weighted by molar-refractivity contribution is 7.09. The number of carbonyl (C=O) groups excluding carboxylic acids is 1. The van der Waals surface area contributed by atoms with E-state index in [1.807, 2.05) is 48.5 Å². The van der Waals surface area contributed by atoms with Gasteiger partial charge in [0.25, 0.3) is 5.91 Å². The van der Waals surface area contributed by atoms with Crippen LogP contribution in [0.3, 0.4) is 0 Å². The fourth-order valence-corrected chi connectivity index (χ4v) is 5.20. The van der Waals surface area contributed by atoms with Gasteiger partial charge in [0, 0.05) is 16.8 Å². The highest BCUT2D eigenvalue weighted by Gasteiger charge is 2.15. The third-order valence-corrected chi connectivity index (χ3v) is 7.57. The number of hydrogen-bond acceptors (Lipinski definition) is 3. The number of unbranched alkanes of at least 4 members (excludes halogenated alkanes) is 11. The fourth-order valence-electron chi connectivity index (χ4n) is 4.57. The Labute approximate surface area is 244 Å². The molecule has 3 aromatic rings.